The van der Waals surface area contributed by atoms with E-state index in [2.05, 4.69) is 28.6 Å². The van der Waals surface area contributed by atoms with Gasteiger partial charge < -0.3 is 4.74 Å². The zero-order valence-corrected chi connectivity index (χ0v) is 13.4. The summed E-state index contributed by atoms with van der Waals surface area (Å²) in [5, 5.41) is 0. The molecule has 3 heterocycles. The second kappa shape index (κ2) is 6.52. The van der Waals surface area contributed by atoms with Crippen LogP contribution in [0, 0.1) is 6.92 Å². The Balaban J connectivity index is 1.59. The Labute approximate surface area is 125 Å². The highest BCUT2D eigenvalue weighted by Crippen LogP contribution is 2.23. The van der Waals surface area contributed by atoms with Crippen LogP contribution in [0.1, 0.15) is 30.3 Å². The van der Waals surface area contributed by atoms with Crippen LogP contribution in [0.15, 0.2) is 5.51 Å². The van der Waals surface area contributed by atoms with E-state index in [1.165, 1.54) is 36.5 Å². The maximum Gasteiger partial charge on any atom is 0.0798 e. The molecule has 0 spiro atoms. The van der Waals surface area contributed by atoms with Gasteiger partial charge in [-0.1, -0.05) is 13.3 Å². The van der Waals surface area contributed by atoms with Gasteiger partial charge in [-0.2, -0.15) is 0 Å². The molecule has 0 amide bonds. The Hall–Kier alpha value is -0.490. The molecule has 0 aromatic carbocycles. The minimum Gasteiger partial charge on any atom is -0.378 e. The van der Waals surface area contributed by atoms with E-state index in [-0.39, 0.29) is 0 Å². The van der Waals surface area contributed by atoms with Gasteiger partial charge in [0.25, 0.3) is 0 Å². The van der Waals surface area contributed by atoms with Crippen molar-refractivity contribution in [1.29, 1.82) is 0 Å². The molecular weight excluding hydrogens is 270 g/mol. The van der Waals surface area contributed by atoms with Crippen LogP contribution in [0.4, 0.5) is 0 Å². The van der Waals surface area contributed by atoms with Gasteiger partial charge in [-0.3, -0.25) is 9.80 Å². The molecule has 0 unspecified atom stereocenters. The lowest BCUT2D eigenvalue weighted by Gasteiger charge is -2.48. The molecule has 2 fully saturated rings. The van der Waals surface area contributed by atoms with E-state index in [0.717, 1.165) is 26.3 Å². The van der Waals surface area contributed by atoms with E-state index >= 15 is 0 Å². The predicted octanol–water partition coefficient (Wildman–Crippen LogP) is 2.14. The number of ether oxygens (including phenoxy) is 1. The van der Waals surface area contributed by atoms with Crippen molar-refractivity contribution in [2.45, 2.75) is 45.3 Å². The average Bonchev–Trinajstić information content (AvgIpc) is 2.85. The summed E-state index contributed by atoms with van der Waals surface area (Å²) in [7, 11) is 0. The van der Waals surface area contributed by atoms with Crippen LogP contribution < -0.4 is 0 Å². The van der Waals surface area contributed by atoms with E-state index in [1.54, 1.807) is 11.3 Å². The van der Waals surface area contributed by atoms with Crippen molar-refractivity contribution in [2.75, 3.05) is 32.8 Å². The Morgan fingerprint density at radius 3 is 3.05 bits per heavy atom. The molecule has 0 aliphatic carbocycles. The number of rotatable bonds is 4. The van der Waals surface area contributed by atoms with Crippen molar-refractivity contribution in [3.8, 4) is 0 Å². The number of hydrogen-bond donors (Lipinski definition) is 0. The fourth-order valence-corrected chi connectivity index (χ4v) is 4.22. The van der Waals surface area contributed by atoms with Gasteiger partial charge in [-0.05, 0) is 13.3 Å². The lowest BCUT2D eigenvalue weighted by Crippen LogP contribution is -2.61. The zero-order valence-electron chi connectivity index (χ0n) is 12.5. The van der Waals surface area contributed by atoms with Crippen molar-refractivity contribution >= 4 is 11.3 Å². The number of nitrogens with zero attached hydrogens (tertiary/aromatic N) is 3. The first kappa shape index (κ1) is 14.4. The topological polar surface area (TPSA) is 28.6 Å². The summed E-state index contributed by atoms with van der Waals surface area (Å²) in [6.45, 7) is 10.8. The largest absolute Gasteiger partial charge is 0.378 e. The highest BCUT2D eigenvalue weighted by molar-refractivity contribution is 7.09. The molecule has 0 radical (unpaired) electrons. The van der Waals surface area contributed by atoms with Crippen LogP contribution in [0.3, 0.4) is 0 Å². The fourth-order valence-electron chi connectivity index (χ4n) is 3.41. The van der Waals surface area contributed by atoms with Crippen molar-refractivity contribution in [3.05, 3.63) is 16.1 Å². The van der Waals surface area contributed by atoms with Crippen LogP contribution in [-0.2, 0) is 11.3 Å². The number of fused-ring (bicyclic) bond motifs is 1. The van der Waals surface area contributed by atoms with Gasteiger partial charge in [0.15, 0.2) is 0 Å². The van der Waals surface area contributed by atoms with Crippen LogP contribution in [0.25, 0.3) is 0 Å². The van der Waals surface area contributed by atoms with Crippen LogP contribution in [0.5, 0.6) is 0 Å². The van der Waals surface area contributed by atoms with Gasteiger partial charge in [-0.25, -0.2) is 4.98 Å². The minimum atomic E-state index is 0.585. The molecule has 0 N–H and O–H groups in total. The predicted molar refractivity (Wildman–Crippen MR) is 82.1 cm³/mol. The third-order valence-electron chi connectivity index (χ3n) is 4.54. The minimum absolute atomic E-state index is 0.585. The maximum absolute atomic E-state index is 5.83. The maximum atomic E-state index is 5.83. The van der Waals surface area contributed by atoms with Crippen LogP contribution in [-0.4, -0.2) is 59.7 Å². The van der Waals surface area contributed by atoms with Gasteiger partial charge in [0, 0.05) is 43.1 Å². The molecule has 112 valence electrons. The Bertz CT molecular complexity index is 435. The molecule has 1 aromatic rings. The van der Waals surface area contributed by atoms with Crippen molar-refractivity contribution in [3.63, 3.8) is 0 Å². The summed E-state index contributed by atoms with van der Waals surface area (Å²) in [4.78, 5) is 11.0. The van der Waals surface area contributed by atoms with Crippen LogP contribution >= 0.6 is 11.3 Å². The molecule has 2 saturated heterocycles. The fraction of sp³-hybridized carbons (Fsp3) is 0.800. The highest BCUT2D eigenvalue weighted by Gasteiger charge is 2.35. The first-order valence-electron chi connectivity index (χ1n) is 7.72. The van der Waals surface area contributed by atoms with Gasteiger partial charge in [0.1, 0.15) is 0 Å². The Morgan fingerprint density at radius 1 is 1.40 bits per heavy atom. The van der Waals surface area contributed by atoms with Gasteiger partial charge >= 0.3 is 0 Å². The molecule has 2 aliphatic rings. The lowest BCUT2D eigenvalue weighted by atomic mass is 10.0. The second-order valence-corrected chi connectivity index (χ2v) is 6.91. The molecule has 2 atom stereocenters. The second-order valence-electron chi connectivity index (χ2n) is 5.97. The number of thiazole rings is 1. The normalized spacial score (nSPS) is 28.5. The molecular formula is C15H25N3OS. The molecule has 4 nitrogen and oxygen atoms in total. The SMILES string of the molecule is CCC[C@H]1COC[C@H]2CN(Cc3scnc3C)CCN12. The summed E-state index contributed by atoms with van der Waals surface area (Å²) >= 11 is 1.78. The number of aryl methyl sites for hydroxylation is 1. The quantitative estimate of drug-likeness (QED) is 0.851. The van der Waals surface area contributed by atoms with E-state index in [0.29, 0.717) is 12.1 Å². The Kier molecular flexibility index (Phi) is 4.71. The standard InChI is InChI=1S/C15H25N3OS/c1-3-4-13-9-19-10-14-7-17(5-6-18(13)14)8-15-12(2)16-11-20-15/h11,13-14H,3-10H2,1-2H3/t13-,14+/m0/s1. The van der Waals surface area contributed by atoms with Crippen molar-refractivity contribution in [1.82, 2.24) is 14.8 Å². The first-order chi connectivity index (χ1) is 9.78. The molecule has 2 aliphatic heterocycles. The molecule has 0 bridgehead atoms. The van der Waals surface area contributed by atoms with Gasteiger partial charge in [0.05, 0.1) is 24.4 Å². The summed E-state index contributed by atoms with van der Waals surface area (Å²) in [6, 6.07) is 1.23. The number of piperazine rings is 1. The molecule has 20 heavy (non-hydrogen) atoms. The van der Waals surface area contributed by atoms with Crippen molar-refractivity contribution < 1.29 is 4.74 Å². The summed E-state index contributed by atoms with van der Waals surface area (Å²) in [5.41, 5.74) is 3.16. The number of morpholine rings is 1. The molecule has 0 saturated carbocycles. The number of hydrogen-bond acceptors (Lipinski definition) is 5. The van der Waals surface area contributed by atoms with Gasteiger partial charge in [-0.15, -0.1) is 11.3 Å². The third-order valence-corrected chi connectivity index (χ3v) is 5.46. The molecule has 1 aromatic heterocycles. The third kappa shape index (κ3) is 3.06. The summed E-state index contributed by atoms with van der Waals surface area (Å²) in [5.74, 6) is 0. The zero-order chi connectivity index (χ0) is 13.9. The van der Waals surface area contributed by atoms with Crippen LogP contribution in [0.2, 0.25) is 0 Å². The van der Waals surface area contributed by atoms with E-state index < -0.39 is 0 Å². The van der Waals surface area contributed by atoms with Crippen molar-refractivity contribution in [2.24, 2.45) is 0 Å². The smallest absolute Gasteiger partial charge is 0.0798 e. The van der Waals surface area contributed by atoms with E-state index in [9.17, 15) is 0 Å². The molecule has 5 heteroatoms. The monoisotopic (exact) mass is 295 g/mol. The van der Waals surface area contributed by atoms with E-state index in [1.807, 2.05) is 5.51 Å². The summed E-state index contributed by atoms with van der Waals surface area (Å²) < 4.78 is 5.83. The lowest BCUT2D eigenvalue weighted by molar-refractivity contribution is -0.0839. The highest BCUT2D eigenvalue weighted by atomic mass is 32.1. The first-order valence-corrected chi connectivity index (χ1v) is 8.60. The van der Waals surface area contributed by atoms with E-state index in [4.69, 9.17) is 4.74 Å². The summed E-state index contributed by atoms with van der Waals surface area (Å²) in [6.07, 6.45) is 2.52. The molecule has 3 rings (SSSR count). The Morgan fingerprint density at radius 2 is 2.30 bits per heavy atom. The average molecular weight is 295 g/mol. The van der Waals surface area contributed by atoms with Gasteiger partial charge in [0.2, 0.25) is 0 Å². The number of aromatic nitrogens is 1.